The van der Waals surface area contributed by atoms with E-state index in [4.69, 9.17) is 16.7 Å². The summed E-state index contributed by atoms with van der Waals surface area (Å²) in [6.45, 7) is 0. The fourth-order valence-electron chi connectivity index (χ4n) is 1.90. The van der Waals surface area contributed by atoms with Crippen molar-refractivity contribution in [1.82, 2.24) is 15.0 Å². The van der Waals surface area contributed by atoms with Crippen molar-refractivity contribution in [1.29, 1.82) is 0 Å². The first-order valence-electron chi connectivity index (χ1n) is 5.52. The molecule has 0 bridgehead atoms. The summed E-state index contributed by atoms with van der Waals surface area (Å²) in [6, 6.07) is 2.96. The molecule has 1 aliphatic rings. The highest BCUT2D eigenvalue weighted by Crippen LogP contribution is 2.35. The molecular formula is C12H7ClN4O3. The second kappa shape index (κ2) is 4.46. The van der Waals surface area contributed by atoms with Crippen molar-refractivity contribution < 1.29 is 14.7 Å². The summed E-state index contributed by atoms with van der Waals surface area (Å²) < 4.78 is 0. The maximum atomic E-state index is 11.9. The van der Waals surface area contributed by atoms with Crippen molar-refractivity contribution in [3.63, 3.8) is 0 Å². The first kappa shape index (κ1) is 12.4. The number of aromatic amines is 1. The molecule has 3 rings (SSSR count). The average Bonchev–Trinajstić information content (AvgIpc) is 2.97. The Balaban J connectivity index is 2.08. The lowest BCUT2D eigenvalue weighted by atomic mass is 10.1. The Morgan fingerprint density at radius 3 is 2.85 bits per heavy atom. The lowest BCUT2D eigenvalue weighted by Gasteiger charge is -1.98. The van der Waals surface area contributed by atoms with Crippen LogP contribution in [0.3, 0.4) is 0 Å². The van der Waals surface area contributed by atoms with E-state index in [1.807, 2.05) is 0 Å². The summed E-state index contributed by atoms with van der Waals surface area (Å²) in [6.07, 6.45) is 2.75. The van der Waals surface area contributed by atoms with Crippen LogP contribution < -0.4 is 5.32 Å². The number of carboxylic acids is 1. The van der Waals surface area contributed by atoms with Crippen molar-refractivity contribution in [3.8, 4) is 0 Å². The second-order valence-corrected chi connectivity index (χ2v) is 4.39. The SMILES string of the molecule is O=C1Nc2ncnc(Cl)c2/C1=C/c1ccc(C(=O)O)[nH]1. The molecule has 0 aliphatic carbocycles. The molecule has 2 aromatic heterocycles. The Hall–Kier alpha value is -2.67. The molecule has 0 atom stereocenters. The second-order valence-electron chi connectivity index (χ2n) is 4.03. The summed E-state index contributed by atoms with van der Waals surface area (Å²) in [5.41, 5.74) is 1.20. The minimum absolute atomic E-state index is 0.0332. The third-order valence-electron chi connectivity index (χ3n) is 2.79. The van der Waals surface area contributed by atoms with Crippen LogP contribution in [0.1, 0.15) is 21.7 Å². The monoisotopic (exact) mass is 290 g/mol. The van der Waals surface area contributed by atoms with Gasteiger partial charge >= 0.3 is 5.97 Å². The van der Waals surface area contributed by atoms with Crippen LogP contribution in [0.4, 0.5) is 5.82 Å². The summed E-state index contributed by atoms with van der Waals surface area (Å²) >= 11 is 5.96. The van der Waals surface area contributed by atoms with E-state index in [9.17, 15) is 9.59 Å². The van der Waals surface area contributed by atoms with Crippen LogP contribution in [0, 0.1) is 0 Å². The zero-order chi connectivity index (χ0) is 14.3. The molecule has 3 N–H and O–H groups in total. The molecule has 20 heavy (non-hydrogen) atoms. The van der Waals surface area contributed by atoms with Crippen LogP contribution in [-0.2, 0) is 4.79 Å². The molecule has 0 spiro atoms. The van der Waals surface area contributed by atoms with Gasteiger partial charge in [0.25, 0.3) is 5.91 Å². The number of fused-ring (bicyclic) bond motifs is 1. The van der Waals surface area contributed by atoms with Gasteiger partial charge in [0.2, 0.25) is 0 Å². The van der Waals surface area contributed by atoms with Gasteiger partial charge in [-0.3, -0.25) is 4.79 Å². The number of anilines is 1. The lowest BCUT2D eigenvalue weighted by Crippen LogP contribution is -2.04. The van der Waals surface area contributed by atoms with E-state index in [-0.39, 0.29) is 22.3 Å². The number of rotatable bonds is 2. The highest BCUT2D eigenvalue weighted by molar-refractivity contribution is 6.40. The Kier molecular flexibility index (Phi) is 2.76. The number of hydrogen-bond donors (Lipinski definition) is 3. The van der Waals surface area contributed by atoms with E-state index in [0.29, 0.717) is 17.1 Å². The van der Waals surface area contributed by atoms with Gasteiger partial charge in [-0.05, 0) is 18.2 Å². The van der Waals surface area contributed by atoms with Crippen molar-refractivity contribution in [2.75, 3.05) is 5.32 Å². The molecule has 1 aliphatic heterocycles. The lowest BCUT2D eigenvalue weighted by molar-refractivity contribution is -0.110. The van der Waals surface area contributed by atoms with Gasteiger partial charge in [-0.1, -0.05) is 11.6 Å². The smallest absolute Gasteiger partial charge is 0.352 e. The van der Waals surface area contributed by atoms with Crippen molar-refractivity contribution >= 4 is 40.9 Å². The number of halogens is 1. The van der Waals surface area contributed by atoms with Crippen molar-refractivity contribution in [2.24, 2.45) is 0 Å². The number of carbonyl (C=O) groups is 2. The Morgan fingerprint density at radius 2 is 2.15 bits per heavy atom. The summed E-state index contributed by atoms with van der Waals surface area (Å²) in [5.74, 6) is -1.10. The van der Waals surface area contributed by atoms with Gasteiger partial charge in [-0.2, -0.15) is 0 Å². The molecular weight excluding hydrogens is 284 g/mol. The van der Waals surface area contributed by atoms with Gasteiger partial charge in [-0.15, -0.1) is 0 Å². The van der Waals surface area contributed by atoms with Crippen LogP contribution >= 0.6 is 11.6 Å². The highest BCUT2D eigenvalue weighted by atomic mass is 35.5. The van der Waals surface area contributed by atoms with Crippen LogP contribution in [-0.4, -0.2) is 31.9 Å². The minimum atomic E-state index is -1.08. The van der Waals surface area contributed by atoms with E-state index >= 15 is 0 Å². The normalized spacial score (nSPS) is 15.2. The summed E-state index contributed by atoms with van der Waals surface area (Å²) in [7, 11) is 0. The van der Waals surface area contributed by atoms with E-state index in [1.165, 1.54) is 18.5 Å². The van der Waals surface area contributed by atoms with Gasteiger partial charge in [0.1, 0.15) is 23.0 Å². The van der Waals surface area contributed by atoms with Gasteiger partial charge in [0.15, 0.2) is 0 Å². The standard InChI is InChI=1S/C12H7ClN4O3/c13-9-8-6(11(18)17-10(8)15-4-14-9)3-5-1-2-7(16-5)12(19)20/h1-4,16H,(H,19,20)(H,14,15,17,18)/b6-3-. The van der Waals surface area contributed by atoms with E-state index in [1.54, 1.807) is 6.07 Å². The van der Waals surface area contributed by atoms with E-state index < -0.39 is 5.97 Å². The molecule has 0 saturated carbocycles. The maximum absolute atomic E-state index is 11.9. The van der Waals surface area contributed by atoms with Crippen LogP contribution in [0.5, 0.6) is 0 Å². The Labute approximate surface area is 117 Å². The van der Waals surface area contributed by atoms with Crippen molar-refractivity contribution in [2.45, 2.75) is 0 Å². The topological polar surface area (TPSA) is 108 Å². The maximum Gasteiger partial charge on any atom is 0.352 e. The molecule has 0 unspecified atom stereocenters. The third kappa shape index (κ3) is 1.94. The number of aromatic carboxylic acids is 1. The zero-order valence-corrected chi connectivity index (χ0v) is 10.6. The molecule has 7 nitrogen and oxygen atoms in total. The molecule has 8 heteroatoms. The van der Waals surface area contributed by atoms with Crippen molar-refractivity contribution in [3.05, 3.63) is 40.6 Å². The number of hydrogen-bond acceptors (Lipinski definition) is 4. The molecule has 1 amide bonds. The molecule has 0 radical (unpaired) electrons. The number of carboxylic acid groups (broad SMARTS) is 1. The van der Waals surface area contributed by atoms with Gasteiger partial charge < -0.3 is 15.4 Å². The Morgan fingerprint density at radius 1 is 1.35 bits per heavy atom. The number of aromatic nitrogens is 3. The van der Waals surface area contributed by atoms with Crippen LogP contribution in [0.2, 0.25) is 5.15 Å². The number of H-pyrrole nitrogens is 1. The minimum Gasteiger partial charge on any atom is -0.477 e. The predicted molar refractivity (Wildman–Crippen MR) is 71.3 cm³/mol. The molecule has 0 aromatic carbocycles. The number of carbonyl (C=O) groups excluding carboxylic acids is 1. The largest absolute Gasteiger partial charge is 0.477 e. The Bertz CT molecular complexity index is 766. The fourth-order valence-corrected chi connectivity index (χ4v) is 2.14. The summed E-state index contributed by atoms with van der Waals surface area (Å²) in [5, 5.41) is 11.6. The van der Waals surface area contributed by atoms with Crippen LogP contribution in [0.15, 0.2) is 18.5 Å². The average molecular weight is 291 g/mol. The van der Waals surface area contributed by atoms with E-state index in [0.717, 1.165) is 0 Å². The van der Waals surface area contributed by atoms with E-state index in [2.05, 4.69) is 20.3 Å². The highest BCUT2D eigenvalue weighted by Gasteiger charge is 2.28. The van der Waals surface area contributed by atoms with Gasteiger partial charge in [0, 0.05) is 5.69 Å². The predicted octanol–water partition coefficient (Wildman–Crippen LogP) is 1.65. The molecule has 0 saturated heterocycles. The van der Waals surface area contributed by atoms with Gasteiger partial charge in [-0.25, -0.2) is 14.8 Å². The zero-order valence-electron chi connectivity index (χ0n) is 9.85. The first-order chi connectivity index (χ1) is 9.56. The van der Waals surface area contributed by atoms with Gasteiger partial charge in [0.05, 0.1) is 11.1 Å². The summed E-state index contributed by atoms with van der Waals surface area (Å²) in [4.78, 5) is 33.1. The molecule has 100 valence electrons. The molecule has 0 fully saturated rings. The fraction of sp³-hybridized carbons (Fsp3) is 0. The molecule has 2 aromatic rings. The quantitative estimate of drug-likeness (QED) is 0.576. The number of nitrogens with zero attached hydrogens (tertiary/aromatic N) is 2. The number of nitrogens with one attached hydrogen (secondary N) is 2. The third-order valence-corrected chi connectivity index (χ3v) is 3.07. The first-order valence-corrected chi connectivity index (χ1v) is 5.90. The number of amides is 1. The van der Waals surface area contributed by atoms with Crippen LogP contribution in [0.25, 0.3) is 11.6 Å². The molecule has 3 heterocycles.